The van der Waals surface area contributed by atoms with Crippen molar-refractivity contribution in [2.24, 2.45) is 0 Å². The molecule has 1 amide bonds. The average molecular weight is 339 g/mol. The summed E-state index contributed by atoms with van der Waals surface area (Å²) >= 11 is 0. The van der Waals surface area contributed by atoms with E-state index in [0.29, 0.717) is 6.42 Å². The Balaban J connectivity index is 1.56. The fraction of sp³-hybridized carbons (Fsp3) is 0.263. The van der Waals surface area contributed by atoms with E-state index in [1.165, 1.54) is 12.1 Å². The highest BCUT2D eigenvalue weighted by Gasteiger charge is 2.35. The van der Waals surface area contributed by atoms with Crippen LogP contribution in [0.15, 0.2) is 48.7 Å². The fourth-order valence-corrected chi connectivity index (χ4v) is 3.50. The van der Waals surface area contributed by atoms with E-state index in [2.05, 4.69) is 10.2 Å². The van der Waals surface area contributed by atoms with Gasteiger partial charge in [0, 0.05) is 11.9 Å². The third-order valence-corrected chi connectivity index (χ3v) is 4.69. The van der Waals surface area contributed by atoms with Crippen molar-refractivity contribution >= 4 is 16.8 Å². The Morgan fingerprint density at radius 2 is 2.20 bits per heavy atom. The van der Waals surface area contributed by atoms with Crippen LogP contribution in [0.3, 0.4) is 0 Å². The fourth-order valence-electron chi connectivity index (χ4n) is 3.50. The molecule has 1 aliphatic heterocycles. The molecular weight excluding hydrogens is 321 g/mol. The number of β-amino-alcohol motifs (C(OH)–C–C–N with tert-alkyl or cyclic N) is 1. The lowest BCUT2D eigenvalue weighted by molar-refractivity contribution is -0.131. The number of H-pyrrole nitrogens is 1. The molecule has 4 rings (SSSR count). The molecule has 0 spiro atoms. The van der Waals surface area contributed by atoms with Crippen LogP contribution < -0.4 is 0 Å². The van der Waals surface area contributed by atoms with E-state index in [4.69, 9.17) is 0 Å². The minimum Gasteiger partial charge on any atom is -0.391 e. The van der Waals surface area contributed by atoms with Gasteiger partial charge in [-0.05, 0) is 41.8 Å². The molecule has 1 aliphatic rings. The van der Waals surface area contributed by atoms with Crippen molar-refractivity contribution < 1.29 is 14.3 Å². The number of nitrogens with one attached hydrogen (secondary N) is 1. The monoisotopic (exact) mass is 339 g/mol. The Bertz CT molecular complexity index is 924. The Morgan fingerprint density at radius 3 is 3.04 bits per heavy atom. The van der Waals surface area contributed by atoms with E-state index >= 15 is 0 Å². The molecule has 128 valence electrons. The number of nitrogens with zero attached hydrogens (tertiary/aromatic N) is 2. The van der Waals surface area contributed by atoms with Crippen molar-refractivity contribution in [1.29, 1.82) is 0 Å². The Morgan fingerprint density at radius 1 is 1.32 bits per heavy atom. The van der Waals surface area contributed by atoms with Gasteiger partial charge in [0.25, 0.3) is 0 Å². The zero-order chi connectivity index (χ0) is 17.4. The van der Waals surface area contributed by atoms with E-state index in [1.54, 1.807) is 23.2 Å². The van der Waals surface area contributed by atoms with Gasteiger partial charge >= 0.3 is 0 Å². The average Bonchev–Trinajstić information content (AvgIpc) is 3.20. The Kier molecular flexibility index (Phi) is 3.97. The maximum atomic E-state index is 13.5. The van der Waals surface area contributed by atoms with Crippen molar-refractivity contribution in [2.45, 2.75) is 25.0 Å². The van der Waals surface area contributed by atoms with Crippen LogP contribution in [0.2, 0.25) is 0 Å². The van der Waals surface area contributed by atoms with Crippen LogP contribution in [0, 0.1) is 5.82 Å². The van der Waals surface area contributed by atoms with E-state index in [-0.39, 0.29) is 30.7 Å². The standard InChI is InChI=1S/C19H18FN3O2/c20-15-3-1-2-13(8-15)18-9-16(24)11-23(18)19(25)7-12-4-5-17-14(6-12)10-21-22-17/h1-6,8,10,16,18,24H,7,9,11H2,(H,21,22)/t16-,18-/m0/s1. The van der Waals surface area contributed by atoms with Gasteiger partial charge in [-0.3, -0.25) is 9.89 Å². The number of aromatic amines is 1. The van der Waals surface area contributed by atoms with Crippen LogP contribution in [0.4, 0.5) is 4.39 Å². The number of fused-ring (bicyclic) bond motifs is 1. The molecule has 0 radical (unpaired) electrons. The summed E-state index contributed by atoms with van der Waals surface area (Å²) in [6, 6.07) is 11.7. The number of benzene rings is 2. The van der Waals surface area contributed by atoms with Crippen molar-refractivity contribution in [1.82, 2.24) is 15.1 Å². The molecule has 3 aromatic rings. The predicted molar refractivity (Wildman–Crippen MR) is 91.3 cm³/mol. The van der Waals surface area contributed by atoms with E-state index in [9.17, 15) is 14.3 Å². The highest BCUT2D eigenvalue weighted by molar-refractivity contribution is 5.83. The van der Waals surface area contributed by atoms with E-state index in [0.717, 1.165) is 22.0 Å². The van der Waals surface area contributed by atoms with Gasteiger partial charge in [-0.2, -0.15) is 5.10 Å². The number of amides is 1. The summed E-state index contributed by atoms with van der Waals surface area (Å²) in [4.78, 5) is 14.5. The van der Waals surface area contributed by atoms with Gasteiger partial charge in [0.2, 0.25) is 5.91 Å². The second-order valence-electron chi connectivity index (χ2n) is 6.47. The van der Waals surface area contributed by atoms with Gasteiger partial charge in [0.15, 0.2) is 0 Å². The van der Waals surface area contributed by atoms with Gasteiger partial charge in [-0.25, -0.2) is 4.39 Å². The number of likely N-dealkylation sites (tertiary alicyclic amines) is 1. The van der Waals surface area contributed by atoms with Crippen LogP contribution in [0.25, 0.3) is 10.9 Å². The number of rotatable bonds is 3. The van der Waals surface area contributed by atoms with Crippen LogP contribution in [0.5, 0.6) is 0 Å². The number of carbonyl (C=O) groups is 1. The minimum atomic E-state index is -0.589. The molecule has 0 saturated carbocycles. The summed E-state index contributed by atoms with van der Waals surface area (Å²) in [6.07, 6.45) is 1.79. The van der Waals surface area contributed by atoms with Crippen LogP contribution in [0.1, 0.15) is 23.6 Å². The molecule has 2 atom stereocenters. The Hall–Kier alpha value is -2.73. The molecule has 25 heavy (non-hydrogen) atoms. The maximum Gasteiger partial charge on any atom is 0.227 e. The quantitative estimate of drug-likeness (QED) is 0.771. The van der Waals surface area contributed by atoms with Crippen molar-refractivity contribution in [3.8, 4) is 0 Å². The zero-order valence-corrected chi connectivity index (χ0v) is 13.5. The summed E-state index contributed by atoms with van der Waals surface area (Å²) < 4.78 is 13.5. The van der Waals surface area contributed by atoms with Gasteiger partial charge < -0.3 is 10.0 Å². The predicted octanol–water partition coefficient (Wildman–Crippen LogP) is 2.58. The third-order valence-electron chi connectivity index (χ3n) is 4.69. The van der Waals surface area contributed by atoms with E-state index < -0.39 is 6.10 Å². The molecular formula is C19H18FN3O2. The number of hydrogen-bond donors (Lipinski definition) is 2. The molecule has 1 saturated heterocycles. The number of aliphatic hydroxyl groups excluding tert-OH is 1. The van der Waals surface area contributed by atoms with Gasteiger partial charge in [0.05, 0.1) is 30.3 Å². The molecule has 0 unspecified atom stereocenters. The lowest BCUT2D eigenvalue weighted by atomic mass is 10.0. The van der Waals surface area contributed by atoms with Crippen LogP contribution in [-0.4, -0.2) is 38.8 Å². The molecule has 1 aromatic heterocycles. The maximum absolute atomic E-state index is 13.5. The highest BCUT2D eigenvalue weighted by atomic mass is 19.1. The van der Waals surface area contributed by atoms with Gasteiger partial charge in [0.1, 0.15) is 5.82 Å². The summed E-state index contributed by atoms with van der Waals surface area (Å²) in [5.41, 5.74) is 2.53. The molecule has 1 fully saturated rings. The second kappa shape index (κ2) is 6.29. The lowest BCUT2D eigenvalue weighted by Gasteiger charge is -2.25. The van der Waals surface area contributed by atoms with Crippen LogP contribution in [-0.2, 0) is 11.2 Å². The molecule has 2 heterocycles. The van der Waals surface area contributed by atoms with Crippen molar-refractivity contribution in [2.75, 3.05) is 6.54 Å². The highest BCUT2D eigenvalue weighted by Crippen LogP contribution is 2.33. The number of aromatic nitrogens is 2. The molecule has 2 N–H and O–H groups in total. The van der Waals surface area contributed by atoms with Crippen molar-refractivity contribution in [3.05, 3.63) is 65.6 Å². The first kappa shape index (κ1) is 15.8. The van der Waals surface area contributed by atoms with E-state index in [1.807, 2.05) is 18.2 Å². The molecule has 0 bridgehead atoms. The summed E-state index contributed by atoms with van der Waals surface area (Å²) in [5.74, 6) is -0.412. The van der Waals surface area contributed by atoms with Crippen LogP contribution >= 0.6 is 0 Å². The zero-order valence-electron chi connectivity index (χ0n) is 13.5. The molecule has 5 nitrogen and oxygen atoms in total. The largest absolute Gasteiger partial charge is 0.391 e. The second-order valence-corrected chi connectivity index (χ2v) is 6.47. The molecule has 6 heteroatoms. The number of aliphatic hydroxyl groups is 1. The minimum absolute atomic E-state index is 0.0753. The lowest BCUT2D eigenvalue weighted by Crippen LogP contribution is -2.33. The first-order valence-electron chi connectivity index (χ1n) is 8.25. The van der Waals surface area contributed by atoms with Gasteiger partial charge in [-0.15, -0.1) is 0 Å². The first-order valence-corrected chi connectivity index (χ1v) is 8.25. The number of carbonyl (C=O) groups excluding carboxylic acids is 1. The molecule has 2 aromatic carbocycles. The van der Waals surface area contributed by atoms with Crippen molar-refractivity contribution in [3.63, 3.8) is 0 Å². The SMILES string of the molecule is O=C(Cc1ccc2[nH]ncc2c1)N1C[C@@H](O)C[C@H]1c1cccc(F)c1. The molecule has 0 aliphatic carbocycles. The Labute approximate surface area is 144 Å². The smallest absolute Gasteiger partial charge is 0.227 e. The third kappa shape index (κ3) is 3.13. The summed E-state index contributed by atoms with van der Waals surface area (Å²) in [6.45, 7) is 0.272. The topological polar surface area (TPSA) is 69.2 Å². The summed E-state index contributed by atoms with van der Waals surface area (Å²) in [5, 5.41) is 17.8. The van der Waals surface area contributed by atoms with Gasteiger partial charge in [-0.1, -0.05) is 18.2 Å². The summed E-state index contributed by atoms with van der Waals surface area (Å²) in [7, 11) is 0. The first-order chi connectivity index (χ1) is 12.1. The number of hydrogen-bond acceptors (Lipinski definition) is 3. The normalized spacial score (nSPS) is 20.3. The number of halogens is 1.